The zero-order chi connectivity index (χ0) is 19.3. The number of rotatable bonds is 4. The number of H-pyrrole nitrogens is 1. The highest BCUT2D eigenvalue weighted by Gasteiger charge is 2.35. The average Bonchev–Trinajstić information content (AvgIpc) is 3.25. The second kappa shape index (κ2) is 6.96. The molecule has 0 spiro atoms. The molecule has 2 aromatic rings. The summed E-state index contributed by atoms with van der Waals surface area (Å²) in [6.45, 7) is 0.990. The van der Waals surface area contributed by atoms with Crippen molar-refractivity contribution in [2.24, 2.45) is 5.14 Å². The first-order valence-corrected chi connectivity index (χ1v) is 11.7. The van der Waals surface area contributed by atoms with Crippen LogP contribution in [-0.4, -0.2) is 47.1 Å². The Bertz CT molecular complexity index is 1050. The number of nitrogens with one attached hydrogen (secondary N) is 1. The highest BCUT2D eigenvalue weighted by atomic mass is 35.5. The highest BCUT2D eigenvalue weighted by molar-refractivity contribution is 7.91. The third-order valence-corrected chi connectivity index (χ3v) is 7.90. The molecule has 1 aliphatic carbocycles. The van der Waals surface area contributed by atoms with Gasteiger partial charge in [-0.2, -0.15) is 5.10 Å². The van der Waals surface area contributed by atoms with Crippen molar-refractivity contribution in [1.82, 2.24) is 19.7 Å². The van der Waals surface area contributed by atoms with Crippen molar-refractivity contribution in [2.75, 3.05) is 13.1 Å². The number of aromatic amines is 1. The number of piperidine rings is 1. The van der Waals surface area contributed by atoms with Crippen LogP contribution in [-0.2, 0) is 10.0 Å². The Balaban J connectivity index is 1.61. The molecule has 1 saturated carbocycles. The van der Waals surface area contributed by atoms with E-state index in [0.717, 1.165) is 42.8 Å². The van der Waals surface area contributed by atoms with Crippen LogP contribution in [0, 0.1) is 4.77 Å². The lowest BCUT2D eigenvalue weighted by Crippen LogP contribution is -2.40. The van der Waals surface area contributed by atoms with Crippen molar-refractivity contribution in [2.45, 2.75) is 41.9 Å². The molecule has 3 N–H and O–H groups in total. The van der Waals surface area contributed by atoms with Crippen molar-refractivity contribution in [3.63, 3.8) is 0 Å². The first-order valence-electron chi connectivity index (χ1n) is 8.54. The molecule has 2 aliphatic rings. The van der Waals surface area contributed by atoms with E-state index >= 15 is 0 Å². The van der Waals surface area contributed by atoms with Crippen LogP contribution < -0.4 is 5.14 Å². The molecule has 2 aromatic heterocycles. The van der Waals surface area contributed by atoms with Crippen molar-refractivity contribution < 1.29 is 13.2 Å². The second-order valence-corrected chi connectivity index (χ2v) is 10.7. The monoisotopic (exact) mass is 447 g/mol. The van der Waals surface area contributed by atoms with Crippen LogP contribution in [0.1, 0.15) is 53.8 Å². The van der Waals surface area contributed by atoms with Gasteiger partial charge in [-0.25, -0.2) is 13.6 Å². The Labute approximate surface area is 170 Å². The fourth-order valence-corrected chi connectivity index (χ4v) is 6.10. The number of hydrogen-bond donors (Lipinski definition) is 2. The summed E-state index contributed by atoms with van der Waals surface area (Å²) in [5.41, 5.74) is 0.0363. The van der Waals surface area contributed by atoms with E-state index in [4.69, 9.17) is 29.0 Å². The number of carbonyl (C=O) groups is 1. The molecule has 2 fully saturated rings. The molecular formula is C15H18ClN5O3S3. The predicted octanol–water partition coefficient (Wildman–Crippen LogP) is 2.66. The number of thiophene rings is 1. The number of nitrogens with two attached hydrogens (primary N) is 1. The van der Waals surface area contributed by atoms with Gasteiger partial charge in [-0.3, -0.25) is 9.89 Å². The lowest BCUT2D eigenvalue weighted by Gasteiger charge is -2.32. The van der Waals surface area contributed by atoms with Crippen molar-refractivity contribution in [3.8, 4) is 0 Å². The van der Waals surface area contributed by atoms with Gasteiger partial charge in [-0.15, -0.1) is 11.3 Å². The molecule has 1 amide bonds. The van der Waals surface area contributed by atoms with Crippen LogP contribution >= 0.6 is 35.2 Å². The number of carbonyl (C=O) groups excluding carboxylic acids is 1. The molecule has 4 rings (SSSR count). The Morgan fingerprint density at radius 3 is 2.81 bits per heavy atom. The Kier molecular flexibility index (Phi) is 4.91. The fourth-order valence-electron chi connectivity index (χ4n) is 3.54. The maximum atomic E-state index is 13.0. The molecule has 0 radical (unpaired) electrons. The maximum absolute atomic E-state index is 13.0. The lowest BCUT2D eigenvalue weighted by atomic mass is 9.96. The van der Waals surface area contributed by atoms with E-state index in [1.54, 1.807) is 4.90 Å². The number of aromatic nitrogens is 3. The normalized spacial score (nSPS) is 20.8. The van der Waals surface area contributed by atoms with E-state index in [2.05, 4.69) is 14.8 Å². The standard InChI is InChI=1S/C15H18ClN5O3S3/c16-11-6-10(14(26-11)27(17,23)24)13(22)20-5-1-2-8(7-20)12-18-19-15(25)21(12)9-3-4-9/h6,8-9H,1-5,7H2,(H,19,25)(H2,17,23,24). The van der Waals surface area contributed by atoms with Gasteiger partial charge in [0.1, 0.15) is 10.0 Å². The van der Waals surface area contributed by atoms with E-state index in [1.165, 1.54) is 6.07 Å². The summed E-state index contributed by atoms with van der Waals surface area (Å²) in [6, 6.07) is 1.76. The summed E-state index contributed by atoms with van der Waals surface area (Å²) in [5, 5.41) is 12.5. The molecule has 1 atom stereocenters. The van der Waals surface area contributed by atoms with Gasteiger partial charge < -0.3 is 9.47 Å². The first-order chi connectivity index (χ1) is 12.8. The van der Waals surface area contributed by atoms with Gasteiger partial charge in [-0.05, 0) is 44.0 Å². The van der Waals surface area contributed by atoms with Crippen LogP contribution in [0.3, 0.4) is 0 Å². The van der Waals surface area contributed by atoms with E-state index in [0.29, 0.717) is 23.9 Å². The molecule has 0 bridgehead atoms. The topological polar surface area (TPSA) is 114 Å². The smallest absolute Gasteiger partial charge is 0.256 e. The van der Waals surface area contributed by atoms with Crippen LogP contribution in [0.15, 0.2) is 10.3 Å². The number of nitrogens with zero attached hydrogens (tertiary/aromatic N) is 3. The van der Waals surface area contributed by atoms with E-state index in [9.17, 15) is 13.2 Å². The minimum absolute atomic E-state index is 0.0363. The number of primary sulfonamides is 1. The van der Waals surface area contributed by atoms with Gasteiger partial charge in [-0.1, -0.05) is 11.6 Å². The highest BCUT2D eigenvalue weighted by Crippen LogP contribution is 2.39. The minimum atomic E-state index is -4.02. The molecule has 1 aliphatic heterocycles. The molecule has 8 nitrogen and oxygen atoms in total. The SMILES string of the molecule is NS(=O)(=O)c1sc(Cl)cc1C(=O)N1CCCC(c2n[nH]c(=S)n2C2CC2)C1. The summed E-state index contributed by atoms with van der Waals surface area (Å²) < 4.78 is 26.3. The summed E-state index contributed by atoms with van der Waals surface area (Å²) in [7, 11) is -4.02. The van der Waals surface area contributed by atoms with Gasteiger partial charge in [0.25, 0.3) is 5.91 Å². The Hall–Kier alpha value is -1.27. The summed E-state index contributed by atoms with van der Waals surface area (Å²) >= 11 is 12.1. The van der Waals surface area contributed by atoms with Crippen LogP contribution in [0.25, 0.3) is 0 Å². The zero-order valence-electron chi connectivity index (χ0n) is 14.2. The Morgan fingerprint density at radius 1 is 1.41 bits per heavy atom. The quantitative estimate of drug-likeness (QED) is 0.699. The van der Waals surface area contributed by atoms with Crippen molar-refractivity contribution in [1.29, 1.82) is 0 Å². The summed E-state index contributed by atoms with van der Waals surface area (Å²) in [5.74, 6) is 0.539. The average molecular weight is 448 g/mol. The molecule has 3 heterocycles. The summed E-state index contributed by atoms with van der Waals surface area (Å²) in [4.78, 5) is 14.6. The number of amides is 1. The van der Waals surface area contributed by atoms with E-state index in [1.807, 2.05) is 0 Å². The van der Waals surface area contributed by atoms with Crippen LogP contribution in [0.2, 0.25) is 4.34 Å². The molecule has 12 heteroatoms. The fraction of sp³-hybridized carbons (Fsp3) is 0.533. The third-order valence-electron chi connectivity index (χ3n) is 4.87. The molecule has 0 aromatic carbocycles. The minimum Gasteiger partial charge on any atom is -0.338 e. The molecule has 1 saturated heterocycles. The maximum Gasteiger partial charge on any atom is 0.256 e. The molecule has 1 unspecified atom stereocenters. The Morgan fingerprint density at radius 2 is 2.15 bits per heavy atom. The second-order valence-electron chi connectivity index (χ2n) is 6.88. The first kappa shape index (κ1) is 19.1. The molecular weight excluding hydrogens is 430 g/mol. The van der Waals surface area contributed by atoms with Gasteiger partial charge >= 0.3 is 0 Å². The number of halogens is 1. The van der Waals surface area contributed by atoms with Gasteiger partial charge in [0.2, 0.25) is 10.0 Å². The largest absolute Gasteiger partial charge is 0.338 e. The van der Waals surface area contributed by atoms with E-state index in [-0.39, 0.29) is 25.9 Å². The predicted molar refractivity (Wildman–Crippen MR) is 104 cm³/mol. The number of sulfonamides is 1. The van der Waals surface area contributed by atoms with Crippen molar-refractivity contribution >= 4 is 51.1 Å². The summed E-state index contributed by atoms with van der Waals surface area (Å²) in [6.07, 6.45) is 3.86. The third kappa shape index (κ3) is 3.70. The van der Waals surface area contributed by atoms with Crippen LogP contribution in [0.4, 0.5) is 0 Å². The number of likely N-dealkylation sites (tertiary alicyclic amines) is 1. The number of hydrogen-bond acceptors (Lipinski definition) is 6. The lowest BCUT2D eigenvalue weighted by molar-refractivity contribution is 0.0700. The van der Waals surface area contributed by atoms with Gasteiger partial charge in [0.05, 0.1) is 9.90 Å². The van der Waals surface area contributed by atoms with Gasteiger partial charge in [0.15, 0.2) is 4.77 Å². The van der Waals surface area contributed by atoms with Gasteiger partial charge in [0, 0.05) is 25.0 Å². The molecule has 146 valence electrons. The van der Waals surface area contributed by atoms with Crippen LogP contribution in [0.5, 0.6) is 0 Å². The van der Waals surface area contributed by atoms with Crippen molar-refractivity contribution in [3.05, 3.63) is 26.6 Å². The van der Waals surface area contributed by atoms with E-state index < -0.39 is 10.0 Å². The zero-order valence-corrected chi connectivity index (χ0v) is 17.4. The molecule has 27 heavy (non-hydrogen) atoms.